The van der Waals surface area contributed by atoms with Crippen molar-refractivity contribution in [1.82, 2.24) is 4.90 Å². The molecule has 1 saturated heterocycles. The Kier molecular flexibility index (Phi) is 3.53. The average molecular weight is 169 g/mol. The van der Waals surface area contributed by atoms with Gasteiger partial charge in [-0.3, -0.25) is 5.41 Å². The van der Waals surface area contributed by atoms with Crippen molar-refractivity contribution in [3.63, 3.8) is 0 Å². The molecule has 1 atom stereocenters. The van der Waals surface area contributed by atoms with Crippen LogP contribution in [-0.4, -0.2) is 29.9 Å². The van der Waals surface area contributed by atoms with Gasteiger partial charge >= 0.3 is 0 Å². The van der Waals surface area contributed by atoms with Crippen LogP contribution in [-0.2, 0) is 0 Å². The summed E-state index contributed by atoms with van der Waals surface area (Å²) in [4.78, 5) is 2.44. The maximum atomic E-state index is 7.13. The molecule has 1 rings (SSSR count). The van der Waals surface area contributed by atoms with Crippen LogP contribution < -0.4 is 5.73 Å². The van der Waals surface area contributed by atoms with Gasteiger partial charge in [0.2, 0.25) is 0 Å². The first-order valence-electron chi connectivity index (χ1n) is 4.77. The predicted molar refractivity (Wildman–Crippen MR) is 51.4 cm³/mol. The first kappa shape index (κ1) is 9.52. The average Bonchev–Trinajstić information content (AvgIpc) is 2.03. The first-order valence-corrected chi connectivity index (χ1v) is 4.77. The summed E-state index contributed by atoms with van der Waals surface area (Å²) in [6, 6.07) is 0.693. The van der Waals surface area contributed by atoms with E-state index >= 15 is 0 Å². The highest BCUT2D eigenvalue weighted by Crippen LogP contribution is 2.15. The Morgan fingerprint density at radius 3 is 2.92 bits per heavy atom. The van der Waals surface area contributed by atoms with E-state index in [9.17, 15) is 0 Å². The smallest absolute Gasteiger partial charge is 0.0918 e. The molecule has 3 nitrogen and oxygen atoms in total. The largest absolute Gasteiger partial charge is 0.388 e. The van der Waals surface area contributed by atoms with E-state index in [1.807, 2.05) is 0 Å². The number of nitrogens with zero attached hydrogens (tertiary/aromatic N) is 1. The second-order valence-electron chi connectivity index (χ2n) is 3.66. The van der Waals surface area contributed by atoms with E-state index in [1.54, 1.807) is 0 Å². The van der Waals surface area contributed by atoms with Gasteiger partial charge in [-0.05, 0) is 26.3 Å². The molecule has 1 heterocycles. The van der Waals surface area contributed by atoms with Gasteiger partial charge in [0.15, 0.2) is 0 Å². The molecule has 1 fully saturated rings. The monoisotopic (exact) mass is 169 g/mol. The number of hydrogen-bond acceptors (Lipinski definition) is 2. The zero-order valence-corrected chi connectivity index (χ0v) is 7.84. The van der Waals surface area contributed by atoms with Crippen LogP contribution in [0.15, 0.2) is 0 Å². The zero-order chi connectivity index (χ0) is 8.97. The third-order valence-electron chi connectivity index (χ3n) is 2.61. The molecule has 0 aromatic rings. The van der Waals surface area contributed by atoms with Crippen molar-refractivity contribution in [1.29, 1.82) is 5.41 Å². The fourth-order valence-electron chi connectivity index (χ4n) is 1.75. The molecule has 1 aliphatic rings. The van der Waals surface area contributed by atoms with E-state index in [1.165, 1.54) is 25.8 Å². The summed E-state index contributed by atoms with van der Waals surface area (Å²) in [5.41, 5.74) is 5.31. The van der Waals surface area contributed by atoms with Gasteiger partial charge < -0.3 is 10.6 Å². The Bertz CT molecular complexity index is 156. The van der Waals surface area contributed by atoms with Gasteiger partial charge in [-0.25, -0.2) is 0 Å². The third-order valence-corrected chi connectivity index (χ3v) is 2.61. The normalized spacial score (nSPS) is 25.6. The second kappa shape index (κ2) is 4.45. The van der Waals surface area contributed by atoms with Crippen molar-refractivity contribution in [2.75, 3.05) is 13.1 Å². The van der Waals surface area contributed by atoms with Crippen molar-refractivity contribution in [2.45, 2.75) is 38.6 Å². The Balaban J connectivity index is 2.24. The minimum absolute atomic E-state index is 0.313. The summed E-state index contributed by atoms with van der Waals surface area (Å²) in [7, 11) is 0. The lowest BCUT2D eigenvalue weighted by atomic mass is 10.0. The molecule has 0 aromatic heterocycles. The van der Waals surface area contributed by atoms with Crippen LogP contribution in [0, 0.1) is 5.41 Å². The Morgan fingerprint density at radius 2 is 2.33 bits per heavy atom. The predicted octanol–water partition coefficient (Wildman–Crippen LogP) is 1.19. The van der Waals surface area contributed by atoms with Crippen LogP contribution in [0.5, 0.6) is 0 Å². The maximum Gasteiger partial charge on any atom is 0.0918 e. The molecule has 1 aliphatic heterocycles. The summed E-state index contributed by atoms with van der Waals surface area (Å²) in [5, 5.41) is 7.13. The summed E-state index contributed by atoms with van der Waals surface area (Å²) in [6.07, 6.45) is 4.70. The summed E-state index contributed by atoms with van der Waals surface area (Å²) < 4.78 is 0. The molecule has 0 spiro atoms. The van der Waals surface area contributed by atoms with E-state index in [2.05, 4.69) is 11.8 Å². The summed E-state index contributed by atoms with van der Waals surface area (Å²) >= 11 is 0. The van der Waals surface area contributed by atoms with Gasteiger partial charge in [0.05, 0.1) is 5.84 Å². The maximum absolute atomic E-state index is 7.13. The molecule has 0 aromatic carbocycles. The number of amidine groups is 1. The molecule has 3 N–H and O–H groups in total. The van der Waals surface area contributed by atoms with Crippen molar-refractivity contribution in [3.8, 4) is 0 Å². The molecular weight excluding hydrogens is 150 g/mol. The summed E-state index contributed by atoms with van der Waals surface area (Å²) in [5.74, 6) is 0.313. The van der Waals surface area contributed by atoms with Crippen molar-refractivity contribution in [3.05, 3.63) is 0 Å². The highest BCUT2D eigenvalue weighted by Gasteiger charge is 2.17. The van der Waals surface area contributed by atoms with E-state index in [4.69, 9.17) is 11.1 Å². The number of hydrogen-bond donors (Lipinski definition) is 2. The number of nitrogens with two attached hydrogens (primary N) is 1. The second-order valence-corrected chi connectivity index (χ2v) is 3.66. The molecule has 70 valence electrons. The molecule has 3 heteroatoms. The van der Waals surface area contributed by atoms with Crippen molar-refractivity contribution < 1.29 is 0 Å². The van der Waals surface area contributed by atoms with E-state index < -0.39 is 0 Å². The Morgan fingerprint density at radius 1 is 1.58 bits per heavy atom. The van der Waals surface area contributed by atoms with Crippen molar-refractivity contribution >= 4 is 5.84 Å². The molecule has 0 bridgehead atoms. The van der Waals surface area contributed by atoms with Crippen molar-refractivity contribution in [2.24, 2.45) is 5.73 Å². The highest BCUT2D eigenvalue weighted by atomic mass is 15.2. The Hall–Kier alpha value is -0.570. The SMILES string of the molecule is C[C@H]1CCCCN1CCC(=N)N. The molecule has 0 unspecified atom stereocenters. The van der Waals surface area contributed by atoms with Gasteiger partial charge in [0, 0.05) is 19.0 Å². The minimum atomic E-state index is 0.313. The molecule has 0 aliphatic carbocycles. The van der Waals surface area contributed by atoms with Crippen LogP contribution >= 0.6 is 0 Å². The molecule has 12 heavy (non-hydrogen) atoms. The lowest BCUT2D eigenvalue weighted by Crippen LogP contribution is -2.39. The number of piperidine rings is 1. The van der Waals surface area contributed by atoms with Gasteiger partial charge in [0.1, 0.15) is 0 Å². The summed E-state index contributed by atoms with van der Waals surface area (Å²) in [6.45, 7) is 4.42. The topological polar surface area (TPSA) is 53.1 Å². The third kappa shape index (κ3) is 2.81. The fourth-order valence-corrected chi connectivity index (χ4v) is 1.75. The number of rotatable bonds is 3. The van der Waals surface area contributed by atoms with Gasteiger partial charge in [-0.2, -0.15) is 0 Å². The van der Waals surface area contributed by atoms with Gasteiger partial charge in [-0.15, -0.1) is 0 Å². The molecular formula is C9H19N3. The van der Waals surface area contributed by atoms with Gasteiger partial charge in [0.25, 0.3) is 0 Å². The van der Waals surface area contributed by atoms with Crippen LogP contribution in [0.2, 0.25) is 0 Å². The van der Waals surface area contributed by atoms with Crippen LogP contribution in [0.1, 0.15) is 32.6 Å². The number of likely N-dealkylation sites (tertiary alicyclic amines) is 1. The lowest BCUT2D eigenvalue weighted by molar-refractivity contribution is 0.165. The standard InChI is InChI=1S/C9H19N3/c1-8-4-2-3-6-12(8)7-5-9(10)11/h8H,2-7H2,1H3,(H3,10,11)/t8-/m0/s1. The number of nitrogens with one attached hydrogen (secondary N) is 1. The van der Waals surface area contributed by atoms with Crippen LogP contribution in [0.3, 0.4) is 0 Å². The van der Waals surface area contributed by atoms with Crippen LogP contribution in [0.25, 0.3) is 0 Å². The minimum Gasteiger partial charge on any atom is -0.388 e. The van der Waals surface area contributed by atoms with E-state index in [-0.39, 0.29) is 0 Å². The fraction of sp³-hybridized carbons (Fsp3) is 0.889. The van der Waals surface area contributed by atoms with Gasteiger partial charge in [-0.1, -0.05) is 6.42 Å². The quantitative estimate of drug-likeness (QED) is 0.492. The lowest BCUT2D eigenvalue weighted by Gasteiger charge is -2.33. The molecule has 0 radical (unpaired) electrons. The highest BCUT2D eigenvalue weighted by molar-refractivity contribution is 5.76. The first-order chi connectivity index (χ1) is 5.70. The zero-order valence-electron chi connectivity index (χ0n) is 7.84. The molecule has 0 saturated carbocycles. The van der Waals surface area contributed by atoms with E-state index in [0.717, 1.165) is 13.0 Å². The van der Waals surface area contributed by atoms with E-state index in [0.29, 0.717) is 11.9 Å². The molecule has 0 amide bonds. The Labute approximate surface area is 74.4 Å². The van der Waals surface area contributed by atoms with Crippen LogP contribution in [0.4, 0.5) is 0 Å².